The molecule has 1 atom stereocenters. The quantitative estimate of drug-likeness (QED) is 0.775. The van der Waals surface area contributed by atoms with Crippen LogP contribution < -0.4 is 15.5 Å². The van der Waals surface area contributed by atoms with E-state index in [4.69, 9.17) is 4.74 Å². The number of para-hydroxylation sites is 2. The summed E-state index contributed by atoms with van der Waals surface area (Å²) in [5, 5.41) is 5.95. The summed E-state index contributed by atoms with van der Waals surface area (Å²) in [6.07, 6.45) is 2.07. The highest BCUT2D eigenvalue weighted by Crippen LogP contribution is 2.47. The number of nitrogens with zero attached hydrogens (tertiary/aromatic N) is 1. The molecule has 1 heterocycles. The lowest BCUT2D eigenvalue weighted by Crippen LogP contribution is -2.43. The number of hydrogen-bond donors (Lipinski definition) is 2. The van der Waals surface area contributed by atoms with E-state index in [0.29, 0.717) is 26.1 Å². The summed E-state index contributed by atoms with van der Waals surface area (Å²) in [4.78, 5) is 27.6. The summed E-state index contributed by atoms with van der Waals surface area (Å²) >= 11 is 0. The average molecular weight is 345 g/mol. The Kier molecular flexibility index (Phi) is 5.27. The fraction of sp³-hybridized carbons (Fsp3) is 0.579. The van der Waals surface area contributed by atoms with Crippen molar-refractivity contribution in [1.29, 1.82) is 0 Å². The van der Waals surface area contributed by atoms with Gasteiger partial charge in [-0.05, 0) is 38.3 Å². The third-order valence-corrected chi connectivity index (χ3v) is 5.11. The number of hydrogen-bond acceptors (Lipinski definition) is 4. The predicted molar refractivity (Wildman–Crippen MR) is 97.7 cm³/mol. The topological polar surface area (TPSA) is 70.7 Å². The molecule has 0 aromatic heterocycles. The summed E-state index contributed by atoms with van der Waals surface area (Å²) in [5.41, 5.74) is 0.843. The van der Waals surface area contributed by atoms with Crippen LogP contribution in [0.15, 0.2) is 24.3 Å². The summed E-state index contributed by atoms with van der Waals surface area (Å²) in [6.45, 7) is 6.94. The number of nitrogens with one attached hydrogen (secondary N) is 2. The number of benzene rings is 1. The third kappa shape index (κ3) is 3.79. The molecule has 0 radical (unpaired) electrons. The van der Waals surface area contributed by atoms with Gasteiger partial charge in [-0.2, -0.15) is 0 Å². The predicted octanol–water partition coefficient (Wildman–Crippen LogP) is 2.16. The van der Waals surface area contributed by atoms with Crippen LogP contribution >= 0.6 is 0 Å². The lowest BCUT2D eigenvalue weighted by Gasteiger charge is -2.30. The van der Waals surface area contributed by atoms with Gasteiger partial charge in [0.05, 0.1) is 24.6 Å². The second-order valence-electron chi connectivity index (χ2n) is 6.94. The summed E-state index contributed by atoms with van der Waals surface area (Å²) in [6, 6.07) is 7.84. The smallest absolute Gasteiger partial charge is 0.240 e. The Hall–Kier alpha value is -2.08. The molecule has 25 heavy (non-hydrogen) atoms. The molecule has 1 aliphatic carbocycles. The number of amides is 2. The van der Waals surface area contributed by atoms with Crippen molar-refractivity contribution in [1.82, 2.24) is 5.32 Å². The first-order chi connectivity index (χ1) is 12.1. The minimum Gasteiger partial charge on any atom is -0.378 e. The van der Waals surface area contributed by atoms with Crippen molar-refractivity contribution >= 4 is 23.2 Å². The lowest BCUT2D eigenvalue weighted by molar-refractivity contribution is -0.134. The van der Waals surface area contributed by atoms with Crippen LogP contribution in [-0.4, -0.2) is 44.2 Å². The number of anilines is 2. The molecule has 2 fully saturated rings. The van der Waals surface area contributed by atoms with Crippen molar-refractivity contribution in [2.45, 2.75) is 39.2 Å². The average Bonchev–Trinajstić information content (AvgIpc) is 3.45. The molecule has 2 aliphatic rings. The summed E-state index contributed by atoms with van der Waals surface area (Å²) in [7, 11) is 0. The molecule has 2 N–H and O–H groups in total. The molecule has 6 heteroatoms. The molecule has 0 spiro atoms. The van der Waals surface area contributed by atoms with Crippen LogP contribution in [0.3, 0.4) is 0 Å². The fourth-order valence-electron chi connectivity index (χ4n) is 3.05. The molecule has 3 rings (SSSR count). The summed E-state index contributed by atoms with van der Waals surface area (Å²) < 4.78 is 5.40. The van der Waals surface area contributed by atoms with E-state index in [-0.39, 0.29) is 17.9 Å². The van der Waals surface area contributed by atoms with Gasteiger partial charge in [0.1, 0.15) is 5.41 Å². The highest BCUT2D eigenvalue weighted by Gasteiger charge is 2.56. The first kappa shape index (κ1) is 17.7. The van der Waals surface area contributed by atoms with Gasteiger partial charge in [-0.25, -0.2) is 0 Å². The monoisotopic (exact) mass is 345 g/mol. The van der Waals surface area contributed by atoms with E-state index in [0.717, 1.165) is 30.9 Å². The van der Waals surface area contributed by atoms with Crippen LogP contribution in [0.1, 0.15) is 33.1 Å². The van der Waals surface area contributed by atoms with Gasteiger partial charge < -0.3 is 20.3 Å². The fourth-order valence-corrected chi connectivity index (χ4v) is 3.05. The number of carbonyl (C=O) groups is 2. The second kappa shape index (κ2) is 7.44. The standard InChI is InChI=1S/C19H27N3O3/c1-3-14(2)20-17(23)19(8-9-19)18(24)21-15-6-4-5-7-16(15)22-10-12-25-13-11-22/h4-7,14H,3,8-13H2,1-2H3,(H,20,23)(H,21,24). The Morgan fingerprint density at radius 3 is 2.52 bits per heavy atom. The van der Waals surface area contributed by atoms with Crippen molar-refractivity contribution in [2.75, 3.05) is 36.5 Å². The Morgan fingerprint density at radius 1 is 1.20 bits per heavy atom. The van der Waals surface area contributed by atoms with E-state index < -0.39 is 5.41 Å². The van der Waals surface area contributed by atoms with Gasteiger partial charge in [-0.3, -0.25) is 9.59 Å². The molecule has 1 unspecified atom stereocenters. The van der Waals surface area contributed by atoms with E-state index in [9.17, 15) is 9.59 Å². The second-order valence-corrected chi connectivity index (χ2v) is 6.94. The number of carbonyl (C=O) groups excluding carboxylic acids is 2. The summed E-state index contributed by atoms with van der Waals surface area (Å²) in [5.74, 6) is -0.350. The largest absolute Gasteiger partial charge is 0.378 e. The molecule has 1 aromatic rings. The molecular formula is C19H27N3O3. The van der Waals surface area contributed by atoms with Crippen LogP contribution in [0, 0.1) is 5.41 Å². The number of rotatable bonds is 6. The van der Waals surface area contributed by atoms with Gasteiger partial charge in [0.15, 0.2) is 0 Å². The van der Waals surface area contributed by atoms with E-state index in [1.54, 1.807) is 0 Å². The Morgan fingerprint density at radius 2 is 1.88 bits per heavy atom. The van der Waals surface area contributed by atoms with Crippen molar-refractivity contribution < 1.29 is 14.3 Å². The highest BCUT2D eigenvalue weighted by molar-refractivity contribution is 6.13. The van der Waals surface area contributed by atoms with Gasteiger partial charge in [-0.1, -0.05) is 19.1 Å². The van der Waals surface area contributed by atoms with Crippen LogP contribution in [0.4, 0.5) is 11.4 Å². The van der Waals surface area contributed by atoms with E-state index in [1.165, 1.54) is 0 Å². The number of morpholine rings is 1. The molecule has 1 saturated heterocycles. The molecule has 1 aliphatic heterocycles. The zero-order chi connectivity index (χ0) is 17.9. The molecule has 0 bridgehead atoms. The van der Waals surface area contributed by atoms with Crippen molar-refractivity contribution in [3.63, 3.8) is 0 Å². The van der Waals surface area contributed by atoms with Gasteiger partial charge in [0.2, 0.25) is 11.8 Å². The van der Waals surface area contributed by atoms with Crippen molar-refractivity contribution in [3.05, 3.63) is 24.3 Å². The molecular weight excluding hydrogens is 318 g/mol. The van der Waals surface area contributed by atoms with Crippen LogP contribution in [0.25, 0.3) is 0 Å². The maximum Gasteiger partial charge on any atom is 0.240 e. The van der Waals surface area contributed by atoms with E-state index in [1.807, 2.05) is 38.1 Å². The SMILES string of the molecule is CCC(C)NC(=O)C1(C(=O)Nc2ccccc2N2CCOCC2)CC1. The number of ether oxygens (including phenoxy) is 1. The minimum absolute atomic E-state index is 0.0819. The van der Waals surface area contributed by atoms with Gasteiger partial charge >= 0.3 is 0 Å². The Bertz CT molecular complexity index is 637. The zero-order valence-electron chi connectivity index (χ0n) is 15.0. The molecule has 1 aromatic carbocycles. The van der Waals surface area contributed by atoms with E-state index in [2.05, 4.69) is 15.5 Å². The normalized spacial score (nSPS) is 19.8. The maximum atomic E-state index is 12.8. The first-order valence-electron chi connectivity index (χ1n) is 9.11. The lowest BCUT2D eigenvalue weighted by atomic mass is 10.0. The Labute approximate surface area is 148 Å². The Balaban J connectivity index is 1.72. The van der Waals surface area contributed by atoms with Crippen LogP contribution in [0.2, 0.25) is 0 Å². The highest BCUT2D eigenvalue weighted by atomic mass is 16.5. The zero-order valence-corrected chi connectivity index (χ0v) is 15.0. The molecule has 2 amide bonds. The minimum atomic E-state index is -0.901. The molecule has 6 nitrogen and oxygen atoms in total. The van der Waals surface area contributed by atoms with Crippen LogP contribution in [-0.2, 0) is 14.3 Å². The van der Waals surface area contributed by atoms with E-state index >= 15 is 0 Å². The van der Waals surface area contributed by atoms with Gasteiger partial charge in [0, 0.05) is 19.1 Å². The van der Waals surface area contributed by atoms with Gasteiger partial charge in [-0.15, -0.1) is 0 Å². The molecule has 136 valence electrons. The first-order valence-corrected chi connectivity index (χ1v) is 9.11. The third-order valence-electron chi connectivity index (χ3n) is 5.11. The van der Waals surface area contributed by atoms with Crippen LogP contribution in [0.5, 0.6) is 0 Å². The maximum absolute atomic E-state index is 12.8. The van der Waals surface area contributed by atoms with Crippen molar-refractivity contribution in [2.24, 2.45) is 5.41 Å². The molecule has 1 saturated carbocycles. The van der Waals surface area contributed by atoms with Gasteiger partial charge in [0.25, 0.3) is 0 Å². The van der Waals surface area contributed by atoms with Crippen molar-refractivity contribution in [3.8, 4) is 0 Å².